The molecule has 0 fully saturated rings. The minimum Gasteiger partial charge on any atom is -0.387 e. The van der Waals surface area contributed by atoms with Gasteiger partial charge < -0.3 is 19.8 Å². The van der Waals surface area contributed by atoms with Crippen molar-refractivity contribution in [1.29, 1.82) is 0 Å². The predicted molar refractivity (Wildman–Crippen MR) is 387 cm³/mol. The Morgan fingerprint density at radius 1 is 0.398 bits per heavy atom. The number of nitrogens with one attached hydrogen (secondary N) is 1. The first kappa shape index (κ1) is 86.2. The third-order valence-electron chi connectivity index (χ3n) is 17.7. The third-order valence-corrected chi connectivity index (χ3v) is 18.7. The molecule has 0 aliphatic rings. The number of unbranched alkanes of at least 4 members (excludes halogenated alkanes) is 51. The molecular formula is C79H152N2O6P+. The van der Waals surface area contributed by atoms with E-state index in [2.05, 4.69) is 67.8 Å². The average molecular weight is 1260 g/mol. The minimum absolute atomic E-state index is 0.0635. The molecule has 0 bridgehead atoms. The van der Waals surface area contributed by atoms with Gasteiger partial charge in [-0.3, -0.25) is 13.8 Å². The lowest BCUT2D eigenvalue weighted by atomic mass is 10.0. The van der Waals surface area contributed by atoms with Crippen molar-refractivity contribution in [2.24, 2.45) is 0 Å². The van der Waals surface area contributed by atoms with Crippen molar-refractivity contribution in [1.82, 2.24) is 5.32 Å². The Morgan fingerprint density at radius 3 is 1.00 bits per heavy atom. The van der Waals surface area contributed by atoms with Gasteiger partial charge in [-0.15, -0.1) is 0 Å². The number of hydrogen-bond donors (Lipinski definition) is 3. The monoisotopic (exact) mass is 1260 g/mol. The number of hydrogen-bond acceptors (Lipinski definition) is 5. The summed E-state index contributed by atoms with van der Waals surface area (Å²) >= 11 is 0. The second kappa shape index (κ2) is 69.5. The molecule has 0 aromatic heterocycles. The summed E-state index contributed by atoms with van der Waals surface area (Å²) in [6.07, 6.45) is 96.9. The topological polar surface area (TPSA) is 105 Å². The molecule has 0 saturated heterocycles. The summed E-state index contributed by atoms with van der Waals surface area (Å²) in [5.74, 6) is -0.168. The highest BCUT2D eigenvalue weighted by Gasteiger charge is 2.28. The highest BCUT2D eigenvalue weighted by atomic mass is 31.2. The molecule has 0 radical (unpaired) electrons. The number of likely N-dealkylation sites (N-methyl/N-ethyl adjacent to an activating group) is 1. The second-order valence-corrected chi connectivity index (χ2v) is 29.2. The van der Waals surface area contributed by atoms with Crippen molar-refractivity contribution in [2.75, 3.05) is 40.9 Å². The summed E-state index contributed by atoms with van der Waals surface area (Å²) in [7, 11) is 1.59. The lowest BCUT2D eigenvalue weighted by molar-refractivity contribution is -0.870. The molecule has 8 nitrogen and oxygen atoms in total. The van der Waals surface area contributed by atoms with Gasteiger partial charge in [0.1, 0.15) is 13.2 Å². The van der Waals surface area contributed by atoms with Crippen molar-refractivity contribution in [3.63, 3.8) is 0 Å². The smallest absolute Gasteiger partial charge is 0.387 e. The number of aliphatic hydroxyl groups is 1. The van der Waals surface area contributed by atoms with Gasteiger partial charge in [-0.05, 0) is 57.8 Å². The van der Waals surface area contributed by atoms with Crippen molar-refractivity contribution in [3.05, 3.63) is 60.8 Å². The molecule has 0 aliphatic carbocycles. The Balaban J connectivity index is 3.91. The van der Waals surface area contributed by atoms with E-state index in [1.165, 1.54) is 308 Å². The van der Waals surface area contributed by atoms with Crippen LogP contribution in [0.3, 0.4) is 0 Å². The Bertz CT molecular complexity index is 1620. The normalized spacial score (nSPS) is 13.9. The summed E-state index contributed by atoms with van der Waals surface area (Å²) < 4.78 is 23.9. The van der Waals surface area contributed by atoms with E-state index in [0.29, 0.717) is 17.4 Å². The maximum atomic E-state index is 13.1. The number of phosphoric acid groups is 1. The summed E-state index contributed by atoms with van der Waals surface area (Å²) in [6, 6.07) is -0.847. The van der Waals surface area contributed by atoms with Crippen LogP contribution in [0, 0.1) is 0 Å². The van der Waals surface area contributed by atoms with E-state index in [-0.39, 0.29) is 19.1 Å². The Kier molecular flexibility index (Phi) is 68.1. The second-order valence-electron chi connectivity index (χ2n) is 27.7. The van der Waals surface area contributed by atoms with Gasteiger partial charge in [-0.25, -0.2) is 4.57 Å². The number of phosphoric ester groups is 1. The van der Waals surface area contributed by atoms with E-state index in [1.807, 2.05) is 27.2 Å². The van der Waals surface area contributed by atoms with E-state index in [9.17, 15) is 19.4 Å². The van der Waals surface area contributed by atoms with E-state index >= 15 is 0 Å². The first-order valence-corrected chi connectivity index (χ1v) is 40.2. The fourth-order valence-corrected chi connectivity index (χ4v) is 12.5. The zero-order chi connectivity index (χ0) is 64.1. The van der Waals surface area contributed by atoms with Crippen molar-refractivity contribution >= 4 is 13.7 Å². The van der Waals surface area contributed by atoms with Crippen LogP contribution in [-0.4, -0.2) is 73.4 Å². The summed E-state index contributed by atoms with van der Waals surface area (Å²) in [6.45, 7) is 4.76. The fraction of sp³-hybridized carbons (Fsp3) is 0.861. The van der Waals surface area contributed by atoms with Crippen LogP contribution in [0.5, 0.6) is 0 Å². The number of aliphatic hydroxyl groups excluding tert-OH is 1. The van der Waals surface area contributed by atoms with E-state index in [0.717, 1.165) is 57.8 Å². The molecule has 0 heterocycles. The average Bonchev–Trinajstić information content (AvgIpc) is 3.71. The number of carbonyl (C=O) groups is 1. The molecule has 0 saturated carbocycles. The highest BCUT2D eigenvalue weighted by molar-refractivity contribution is 7.47. The van der Waals surface area contributed by atoms with Crippen molar-refractivity contribution < 1.29 is 32.9 Å². The molecule has 3 N–H and O–H groups in total. The van der Waals surface area contributed by atoms with E-state index < -0.39 is 20.0 Å². The van der Waals surface area contributed by atoms with Crippen LogP contribution in [0.1, 0.15) is 386 Å². The molecule has 9 heteroatoms. The van der Waals surface area contributed by atoms with Crippen LogP contribution in [0.4, 0.5) is 0 Å². The Hall–Kier alpha value is -1.80. The van der Waals surface area contributed by atoms with Crippen LogP contribution in [0.15, 0.2) is 60.8 Å². The molecule has 0 aromatic carbocycles. The van der Waals surface area contributed by atoms with Crippen molar-refractivity contribution in [2.45, 2.75) is 398 Å². The first-order valence-electron chi connectivity index (χ1n) is 38.7. The molecule has 0 rings (SSSR count). The van der Waals surface area contributed by atoms with Gasteiger partial charge in [0.05, 0.1) is 39.9 Å². The largest absolute Gasteiger partial charge is 0.472 e. The molecular weight excluding hydrogens is 1100 g/mol. The summed E-state index contributed by atoms with van der Waals surface area (Å²) in [4.78, 5) is 23.5. The molecule has 0 aliphatic heterocycles. The number of quaternary nitrogens is 1. The third kappa shape index (κ3) is 71.6. The quantitative estimate of drug-likeness (QED) is 0.0243. The van der Waals surface area contributed by atoms with Crippen LogP contribution in [0.2, 0.25) is 0 Å². The van der Waals surface area contributed by atoms with Gasteiger partial charge in [0.2, 0.25) is 5.91 Å². The SMILES string of the molecule is CC/C=C\C/C=C\C/C=C\C/C=C\CCCCCCCCCCCCCCCCCCCCCCCCCCCCCCC(=O)NC(COP(=O)(O)OCC[N+](C)(C)C)C(O)/C=C/CCCCCCCCCCCCCCCCCCCCCCCCC. The molecule has 88 heavy (non-hydrogen) atoms. The number of carbonyl (C=O) groups excluding carboxylic acids is 1. The number of rotatable bonds is 72. The van der Waals surface area contributed by atoms with Gasteiger partial charge in [0.15, 0.2) is 0 Å². The standard InChI is InChI=1S/C79H151N2O6P/c1-6-8-10-12-14-16-18-20-22-24-26-28-30-32-33-34-35-36-37-38-39-40-41-42-43-44-45-46-47-49-51-53-55-57-59-61-63-65-67-69-71-73-79(83)80-77(76-87-88(84,85)86-75-74-81(3,4)5)78(82)72-70-68-66-64-62-60-58-56-54-52-50-48-31-29-27-25-23-21-19-17-15-13-11-9-7-2/h8,10,14,16,20,22,26,28,70,72,77-78,82H,6-7,9,11-13,15,17-19,21,23-25,27,29-69,71,73-76H2,1-5H3,(H-,80,83,84,85)/p+1/b10-8-,16-14-,22-20-,28-26-,72-70+. The summed E-state index contributed by atoms with van der Waals surface area (Å²) in [5.41, 5.74) is 0. The number of amides is 1. The van der Waals surface area contributed by atoms with Crippen LogP contribution in [-0.2, 0) is 18.4 Å². The predicted octanol–water partition coefficient (Wildman–Crippen LogP) is 25.1. The number of allylic oxidation sites excluding steroid dienone is 9. The van der Waals surface area contributed by atoms with Gasteiger partial charge in [-0.2, -0.15) is 0 Å². The Labute approximate surface area is 549 Å². The van der Waals surface area contributed by atoms with Crippen LogP contribution >= 0.6 is 7.82 Å². The van der Waals surface area contributed by atoms with Gasteiger partial charge in [0, 0.05) is 6.42 Å². The molecule has 0 spiro atoms. The van der Waals surface area contributed by atoms with Crippen LogP contribution < -0.4 is 5.32 Å². The summed E-state index contributed by atoms with van der Waals surface area (Å²) in [5, 5.41) is 14.0. The maximum Gasteiger partial charge on any atom is 0.472 e. The maximum absolute atomic E-state index is 13.1. The Morgan fingerprint density at radius 2 is 0.682 bits per heavy atom. The lowest BCUT2D eigenvalue weighted by Gasteiger charge is -2.25. The van der Waals surface area contributed by atoms with Crippen molar-refractivity contribution in [3.8, 4) is 0 Å². The van der Waals surface area contributed by atoms with E-state index in [1.54, 1.807) is 6.08 Å². The first-order chi connectivity index (χ1) is 43.0. The highest BCUT2D eigenvalue weighted by Crippen LogP contribution is 2.43. The lowest BCUT2D eigenvalue weighted by Crippen LogP contribution is -2.45. The molecule has 0 aromatic rings. The zero-order valence-electron chi connectivity index (χ0n) is 59.5. The fourth-order valence-electron chi connectivity index (χ4n) is 11.8. The number of nitrogens with zero attached hydrogens (tertiary/aromatic N) is 1. The van der Waals surface area contributed by atoms with Gasteiger partial charge >= 0.3 is 7.82 Å². The van der Waals surface area contributed by atoms with Gasteiger partial charge in [0.25, 0.3) is 0 Å². The molecule has 518 valence electrons. The molecule has 1 amide bonds. The minimum atomic E-state index is -4.35. The van der Waals surface area contributed by atoms with Crippen LogP contribution in [0.25, 0.3) is 0 Å². The van der Waals surface area contributed by atoms with Gasteiger partial charge in [-0.1, -0.05) is 383 Å². The molecule has 3 unspecified atom stereocenters. The van der Waals surface area contributed by atoms with E-state index in [4.69, 9.17) is 9.05 Å². The zero-order valence-corrected chi connectivity index (χ0v) is 60.4. The molecule has 3 atom stereocenters.